The van der Waals surface area contributed by atoms with Crippen molar-refractivity contribution in [3.63, 3.8) is 0 Å². The SMILES string of the molecule is COCC(C(=O)O)N1CCN(CC(=O)O)CCN(C(Cc2ccc(OCC(F)(F)C(F)F)cc2)C(=O)O)CCN(CC(=O)O)CC1.[Gd]. The Bertz CT molecular complexity index is 1120. The summed E-state index contributed by atoms with van der Waals surface area (Å²) in [6.07, 6.45) is -4.00. The number of alkyl halides is 4. The van der Waals surface area contributed by atoms with Gasteiger partial charge >= 0.3 is 36.2 Å². The average molecular weight is 826 g/mol. The fraction of sp³-hybridized carbons (Fsp3) is 0.643. The molecule has 1 fully saturated rings. The smallest absolute Gasteiger partial charge is 0.340 e. The molecular formula is C28H40F4GdN4O10. The van der Waals surface area contributed by atoms with Gasteiger partial charge < -0.3 is 29.9 Å². The molecule has 14 nitrogen and oxygen atoms in total. The molecule has 268 valence electrons. The second-order valence-corrected chi connectivity index (χ2v) is 10.8. The van der Waals surface area contributed by atoms with Crippen molar-refractivity contribution in [1.82, 2.24) is 19.6 Å². The van der Waals surface area contributed by atoms with Gasteiger partial charge in [0.1, 0.15) is 17.8 Å². The zero-order valence-corrected chi connectivity index (χ0v) is 27.9. The van der Waals surface area contributed by atoms with Crippen molar-refractivity contribution < 1.29 is 107 Å². The van der Waals surface area contributed by atoms with Crippen molar-refractivity contribution in [2.75, 3.05) is 85.8 Å². The maximum absolute atomic E-state index is 13.2. The summed E-state index contributed by atoms with van der Waals surface area (Å²) in [4.78, 5) is 53.9. The summed E-state index contributed by atoms with van der Waals surface area (Å²) in [5.41, 5.74) is 0.449. The van der Waals surface area contributed by atoms with Crippen molar-refractivity contribution >= 4 is 23.9 Å². The summed E-state index contributed by atoms with van der Waals surface area (Å²) in [7, 11) is 1.34. The van der Waals surface area contributed by atoms with E-state index in [0.717, 1.165) is 0 Å². The molecule has 0 amide bonds. The molecule has 0 spiro atoms. The van der Waals surface area contributed by atoms with E-state index in [2.05, 4.69) is 0 Å². The molecule has 1 aliphatic heterocycles. The molecule has 19 heteroatoms. The largest absolute Gasteiger partial charge is 0.487 e. The Morgan fingerprint density at radius 3 is 1.55 bits per heavy atom. The normalized spacial score (nSPS) is 17.9. The quantitative estimate of drug-likeness (QED) is 0.169. The van der Waals surface area contributed by atoms with Crippen LogP contribution >= 0.6 is 0 Å². The summed E-state index contributed by atoms with van der Waals surface area (Å²) in [6, 6.07) is 3.05. The summed E-state index contributed by atoms with van der Waals surface area (Å²) in [5, 5.41) is 38.9. The Morgan fingerprint density at radius 1 is 0.766 bits per heavy atom. The van der Waals surface area contributed by atoms with Crippen LogP contribution in [0.2, 0.25) is 0 Å². The fourth-order valence-electron chi connectivity index (χ4n) is 4.90. The number of hydrogen-bond acceptors (Lipinski definition) is 10. The number of benzene rings is 1. The standard InChI is InChI=1S/C28H40F4N4O10.Gd/c1-45-17-22(26(43)44)36-12-8-33(15-23(37)38)6-10-35(11-7-34(9-13-36)16-24(39)40)21(25(41)42)14-19-2-4-20(5-3-19)46-18-28(31,32)27(29)30;/h2-5,21-22,27H,6-18H2,1H3,(H,37,38)(H,39,40)(H,41,42)(H,43,44);. The van der Waals surface area contributed by atoms with Crippen LogP contribution in [0.5, 0.6) is 5.75 Å². The molecule has 0 bridgehead atoms. The van der Waals surface area contributed by atoms with E-state index in [4.69, 9.17) is 9.47 Å². The van der Waals surface area contributed by atoms with Crippen LogP contribution in [0.3, 0.4) is 0 Å². The fourth-order valence-corrected chi connectivity index (χ4v) is 4.90. The number of rotatable bonds is 16. The van der Waals surface area contributed by atoms with Crippen molar-refractivity contribution in [1.29, 1.82) is 0 Å². The topological polar surface area (TPSA) is 181 Å². The molecule has 0 aromatic heterocycles. The van der Waals surface area contributed by atoms with Crippen molar-refractivity contribution in [2.24, 2.45) is 0 Å². The number of methoxy groups -OCH3 is 1. The third kappa shape index (κ3) is 15.2. The molecule has 1 aliphatic rings. The molecule has 2 unspecified atom stereocenters. The van der Waals surface area contributed by atoms with Crippen molar-refractivity contribution in [3.05, 3.63) is 29.8 Å². The maximum Gasteiger partial charge on any atom is 0.340 e. The van der Waals surface area contributed by atoms with Crippen LogP contribution in [0.4, 0.5) is 17.6 Å². The number of carboxylic acids is 4. The van der Waals surface area contributed by atoms with Crippen molar-refractivity contribution in [3.8, 4) is 5.75 Å². The van der Waals surface area contributed by atoms with E-state index < -0.39 is 68.0 Å². The first-order valence-corrected chi connectivity index (χ1v) is 14.3. The molecule has 4 N–H and O–H groups in total. The van der Waals surface area contributed by atoms with Crippen LogP contribution in [0.1, 0.15) is 5.56 Å². The average Bonchev–Trinajstić information content (AvgIpc) is 2.96. The van der Waals surface area contributed by atoms with Crippen LogP contribution in [-0.4, -0.2) is 174 Å². The monoisotopic (exact) mass is 826 g/mol. The van der Waals surface area contributed by atoms with Gasteiger partial charge in [-0.25, -0.2) is 8.78 Å². The van der Waals surface area contributed by atoms with Gasteiger partial charge in [0, 0.05) is 99.4 Å². The zero-order valence-electron chi connectivity index (χ0n) is 25.6. The Morgan fingerprint density at radius 2 is 1.19 bits per heavy atom. The van der Waals surface area contributed by atoms with Crippen LogP contribution in [0.25, 0.3) is 0 Å². The third-order valence-corrected chi connectivity index (χ3v) is 7.41. The zero-order chi connectivity index (χ0) is 34.4. The number of ether oxygens (including phenoxy) is 2. The van der Waals surface area contributed by atoms with E-state index >= 15 is 0 Å². The predicted octanol–water partition coefficient (Wildman–Crippen LogP) is 0.452. The number of carboxylic acid groups (broad SMARTS) is 4. The number of aliphatic carboxylic acids is 4. The minimum atomic E-state index is -4.35. The molecule has 2 atom stereocenters. The van der Waals surface area contributed by atoms with E-state index in [1.807, 2.05) is 0 Å². The molecule has 0 aliphatic carbocycles. The Kier molecular flexibility index (Phi) is 19.1. The van der Waals surface area contributed by atoms with Gasteiger partial charge in [-0.05, 0) is 24.1 Å². The van der Waals surface area contributed by atoms with Crippen LogP contribution < -0.4 is 4.74 Å². The van der Waals surface area contributed by atoms with E-state index in [9.17, 15) is 57.2 Å². The number of halogens is 4. The summed E-state index contributed by atoms with van der Waals surface area (Å²) < 4.78 is 61.1. The minimum absolute atomic E-state index is 0. The number of nitrogens with zero attached hydrogens (tertiary/aromatic N) is 4. The molecular weight excluding hydrogens is 786 g/mol. The number of carbonyl (C=O) groups is 4. The van der Waals surface area contributed by atoms with Gasteiger partial charge in [-0.2, -0.15) is 8.78 Å². The van der Waals surface area contributed by atoms with E-state index in [0.29, 0.717) is 5.56 Å². The third-order valence-electron chi connectivity index (χ3n) is 7.41. The first kappa shape index (κ1) is 42.8. The molecule has 1 heterocycles. The van der Waals surface area contributed by atoms with Gasteiger partial charge in [0.2, 0.25) is 0 Å². The molecule has 0 radical (unpaired) electrons. The second-order valence-electron chi connectivity index (χ2n) is 10.8. The van der Waals surface area contributed by atoms with Gasteiger partial charge in [0.25, 0.3) is 0 Å². The van der Waals surface area contributed by atoms with Gasteiger partial charge in [0.15, 0.2) is 6.61 Å². The van der Waals surface area contributed by atoms with Crippen LogP contribution in [-0.2, 0) is 30.3 Å². The first-order valence-electron chi connectivity index (χ1n) is 14.3. The van der Waals surface area contributed by atoms with Gasteiger partial charge in [-0.3, -0.25) is 38.8 Å². The Hall–Kier alpha value is -2.26. The van der Waals surface area contributed by atoms with Crippen molar-refractivity contribution in [2.45, 2.75) is 30.9 Å². The molecule has 0 saturated carbocycles. The van der Waals surface area contributed by atoms with Crippen LogP contribution in [0, 0.1) is 39.9 Å². The molecule has 2 rings (SSSR count). The summed E-state index contributed by atoms with van der Waals surface area (Å²) in [6.45, 7) is -1.82. The second kappa shape index (κ2) is 21.0. The van der Waals surface area contributed by atoms with Gasteiger partial charge in [-0.1, -0.05) is 12.1 Å². The minimum Gasteiger partial charge on any atom is -0.487 e. The van der Waals surface area contributed by atoms with Crippen LogP contribution in [0.15, 0.2) is 24.3 Å². The Balaban J connectivity index is 0.0000110. The maximum atomic E-state index is 13.2. The summed E-state index contributed by atoms with van der Waals surface area (Å²) >= 11 is 0. The molecule has 1 saturated heterocycles. The van der Waals surface area contributed by atoms with Gasteiger partial charge in [0.05, 0.1) is 19.7 Å². The molecule has 1 aromatic carbocycles. The van der Waals surface area contributed by atoms with E-state index in [1.165, 1.54) is 31.4 Å². The Labute approximate surface area is 300 Å². The molecule has 47 heavy (non-hydrogen) atoms. The summed E-state index contributed by atoms with van der Waals surface area (Å²) in [5.74, 6) is -9.16. The number of hydrogen-bond donors (Lipinski definition) is 4. The van der Waals surface area contributed by atoms with E-state index in [1.54, 1.807) is 19.6 Å². The molecule has 1 aromatic rings. The van der Waals surface area contributed by atoms with E-state index in [-0.39, 0.29) is 111 Å². The van der Waals surface area contributed by atoms with Gasteiger partial charge in [-0.15, -0.1) is 0 Å². The first-order chi connectivity index (χ1) is 21.6. The predicted molar refractivity (Wildman–Crippen MR) is 153 cm³/mol.